The maximum Gasteiger partial charge on any atom is 0.254 e. The third-order valence-electron chi connectivity index (χ3n) is 4.96. The normalized spacial score (nSPS) is 18.1. The van der Waals surface area contributed by atoms with Crippen LogP contribution in [-0.2, 0) is 4.79 Å². The number of ether oxygens (including phenoxy) is 2. The highest BCUT2D eigenvalue weighted by molar-refractivity contribution is 5.95. The largest absolute Gasteiger partial charge is 0.493 e. The third-order valence-corrected chi connectivity index (χ3v) is 4.96. The van der Waals surface area contributed by atoms with Gasteiger partial charge in [0.2, 0.25) is 5.91 Å². The van der Waals surface area contributed by atoms with Crippen LogP contribution in [0, 0.1) is 5.92 Å². The van der Waals surface area contributed by atoms with Crippen LogP contribution in [0.2, 0.25) is 0 Å². The van der Waals surface area contributed by atoms with E-state index in [9.17, 15) is 9.59 Å². The van der Waals surface area contributed by atoms with E-state index < -0.39 is 0 Å². The summed E-state index contributed by atoms with van der Waals surface area (Å²) in [6, 6.07) is 5.19. The van der Waals surface area contributed by atoms with E-state index in [4.69, 9.17) is 9.47 Å². The summed E-state index contributed by atoms with van der Waals surface area (Å²) >= 11 is 0. The van der Waals surface area contributed by atoms with Crippen molar-refractivity contribution in [2.75, 3.05) is 40.4 Å². The van der Waals surface area contributed by atoms with Gasteiger partial charge < -0.3 is 19.3 Å². The summed E-state index contributed by atoms with van der Waals surface area (Å²) in [7, 11) is 3.12. The van der Waals surface area contributed by atoms with Crippen molar-refractivity contribution in [3.05, 3.63) is 23.8 Å². The van der Waals surface area contributed by atoms with Crippen LogP contribution >= 0.6 is 0 Å². The molecule has 0 atom stereocenters. The Morgan fingerprint density at radius 3 is 2.12 bits per heavy atom. The van der Waals surface area contributed by atoms with Crippen LogP contribution in [0.15, 0.2) is 18.2 Å². The zero-order valence-electron chi connectivity index (χ0n) is 14.3. The lowest BCUT2D eigenvalue weighted by molar-refractivity contribution is -0.139. The zero-order chi connectivity index (χ0) is 17.1. The van der Waals surface area contributed by atoms with Crippen LogP contribution < -0.4 is 9.47 Å². The summed E-state index contributed by atoms with van der Waals surface area (Å²) in [6.45, 7) is 2.39. The van der Waals surface area contributed by atoms with E-state index in [1.807, 2.05) is 4.90 Å². The van der Waals surface area contributed by atoms with E-state index in [-0.39, 0.29) is 17.7 Å². The predicted octanol–water partition coefficient (Wildman–Crippen LogP) is 1.79. The number of amides is 2. The van der Waals surface area contributed by atoms with E-state index in [2.05, 4.69) is 0 Å². The number of benzene rings is 1. The molecule has 1 saturated carbocycles. The number of carbonyl (C=O) groups excluding carboxylic acids is 2. The minimum atomic E-state index is -0.0355. The summed E-state index contributed by atoms with van der Waals surface area (Å²) in [5.74, 6) is 1.59. The topological polar surface area (TPSA) is 59.1 Å². The number of hydrogen-bond donors (Lipinski definition) is 0. The second kappa shape index (κ2) is 7.11. The van der Waals surface area contributed by atoms with Crippen molar-refractivity contribution in [1.82, 2.24) is 9.80 Å². The molecule has 6 heteroatoms. The van der Waals surface area contributed by atoms with Crippen molar-refractivity contribution < 1.29 is 19.1 Å². The van der Waals surface area contributed by atoms with Gasteiger partial charge in [-0.3, -0.25) is 9.59 Å². The minimum absolute atomic E-state index is 0.0355. The minimum Gasteiger partial charge on any atom is -0.493 e. The van der Waals surface area contributed by atoms with Crippen molar-refractivity contribution >= 4 is 11.8 Å². The van der Waals surface area contributed by atoms with E-state index in [1.165, 1.54) is 0 Å². The molecule has 2 amide bonds. The first kappa shape index (κ1) is 16.6. The molecule has 6 nitrogen and oxygen atoms in total. The van der Waals surface area contributed by atoms with Gasteiger partial charge in [-0.1, -0.05) is 6.42 Å². The summed E-state index contributed by atoms with van der Waals surface area (Å²) in [4.78, 5) is 28.6. The first-order chi connectivity index (χ1) is 11.6. The Morgan fingerprint density at radius 2 is 1.58 bits per heavy atom. The molecule has 0 spiro atoms. The van der Waals surface area contributed by atoms with Gasteiger partial charge in [-0.2, -0.15) is 0 Å². The number of rotatable bonds is 4. The molecule has 0 bridgehead atoms. The number of methoxy groups -OCH3 is 2. The fraction of sp³-hybridized carbons (Fsp3) is 0.556. The first-order valence-electron chi connectivity index (χ1n) is 8.44. The van der Waals surface area contributed by atoms with Gasteiger partial charge in [0.25, 0.3) is 5.91 Å². The Morgan fingerprint density at radius 1 is 0.958 bits per heavy atom. The lowest BCUT2D eigenvalue weighted by atomic mass is 9.84. The summed E-state index contributed by atoms with van der Waals surface area (Å²) in [5.41, 5.74) is 0.575. The molecule has 1 aromatic carbocycles. The van der Waals surface area contributed by atoms with Crippen LogP contribution in [0.4, 0.5) is 0 Å². The van der Waals surface area contributed by atoms with Gasteiger partial charge in [0, 0.05) is 37.7 Å². The van der Waals surface area contributed by atoms with Gasteiger partial charge in [-0.25, -0.2) is 0 Å². The van der Waals surface area contributed by atoms with Crippen LogP contribution in [-0.4, -0.2) is 62.0 Å². The fourth-order valence-electron chi connectivity index (χ4n) is 3.20. The summed E-state index contributed by atoms with van der Waals surface area (Å²) in [6.07, 6.45) is 3.20. The van der Waals surface area contributed by atoms with Gasteiger partial charge in [-0.15, -0.1) is 0 Å². The van der Waals surface area contributed by atoms with Crippen molar-refractivity contribution in [3.8, 4) is 11.5 Å². The predicted molar refractivity (Wildman–Crippen MR) is 89.4 cm³/mol. The van der Waals surface area contributed by atoms with Gasteiger partial charge >= 0.3 is 0 Å². The molecule has 0 N–H and O–H groups in total. The van der Waals surface area contributed by atoms with Gasteiger partial charge in [0.1, 0.15) is 0 Å². The highest BCUT2D eigenvalue weighted by atomic mass is 16.5. The van der Waals surface area contributed by atoms with Crippen molar-refractivity contribution in [2.24, 2.45) is 5.92 Å². The summed E-state index contributed by atoms with van der Waals surface area (Å²) < 4.78 is 10.5. The quantitative estimate of drug-likeness (QED) is 0.843. The lowest BCUT2D eigenvalue weighted by Gasteiger charge is -2.38. The molecule has 1 aliphatic heterocycles. The standard InChI is InChI=1S/C18H24N2O4/c1-23-15-7-6-14(12-16(15)24-2)18(22)20-10-8-19(9-11-20)17(21)13-4-3-5-13/h6-7,12-13H,3-5,8-11H2,1-2H3. The number of carbonyl (C=O) groups is 2. The molecular weight excluding hydrogens is 308 g/mol. The smallest absolute Gasteiger partial charge is 0.254 e. The number of hydrogen-bond acceptors (Lipinski definition) is 4. The van der Waals surface area contributed by atoms with Gasteiger partial charge in [-0.05, 0) is 31.0 Å². The zero-order valence-corrected chi connectivity index (χ0v) is 14.3. The van der Waals surface area contributed by atoms with Gasteiger partial charge in [0.05, 0.1) is 14.2 Å². The average Bonchev–Trinajstić information content (AvgIpc) is 2.59. The van der Waals surface area contributed by atoms with Crippen LogP contribution in [0.1, 0.15) is 29.6 Å². The second-order valence-corrected chi connectivity index (χ2v) is 6.32. The molecule has 3 rings (SSSR count). The van der Waals surface area contributed by atoms with E-state index in [0.29, 0.717) is 43.2 Å². The van der Waals surface area contributed by atoms with Crippen LogP contribution in [0.5, 0.6) is 11.5 Å². The third kappa shape index (κ3) is 3.18. The molecule has 1 aromatic rings. The van der Waals surface area contributed by atoms with E-state index >= 15 is 0 Å². The molecule has 1 saturated heterocycles. The molecule has 2 fully saturated rings. The van der Waals surface area contributed by atoms with Crippen LogP contribution in [0.25, 0.3) is 0 Å². The van der Waals surface area contributed by atoms with E-state index in [0.717, 1.165) is 19.3 Å². The van der Waals surface area contributed by atoms with Crippen LogP contribution in [0.3, 0.4) is 0 Å². The Labute approximate surface area is 142 Å². The molecule has 1 aliphatic carbocycles. The SMILES string of the molecule is COc1ccc(C(=O)N2CCN(C(=O)C3CCC3)CC2)cc1OC. The molecule has 0 radical (unpaired) electrons. The second-order valence-electron chi connectivity index (χ2n) is 6.32. The summed E-state index contributed by atoms with van der Waals surface area (Å²) in [5, 5.41) is 0. The first-order valence-corrected chi connectivity index (χ1v) is 8.44. The Kier molecular flexibility index (Phi) is 4.92. The van der Waals surface area contributed by atoms with Crippen molar-refractivity contribution in [3.63, 3.8) is 0 Å². The van der Waals surface area contributed by atoms with Gasteiger partial charge in [0.15, 0.2) is 11.5 Å². The Hall–Kier alpha value is -2.24. The molecule has 130 valence electrons. The fourth-order valence-corrected chi connectivity index (χ4v) is 3.20. The maximum absolute atomic E-state index is 12.7. The number of piperazine rings is 1. The Bertz CT molecular complexity index is 619. The molecule has 0 unspecified atom stereocenters. The molecular formula is C18H24N2O4. The number of nitrogens with zero attached hydrogens (tertiary/aromatic N) is 2. The Balaban J connectivity index is 1.61. The molecule has 24 heavy (non-hydrogen) atoms. The monoisotopic (exact) mass is 332 g/mol. The van der Waals surface area contributed by atoms with Crippen molar-refractivity contribution in [2.45, 2.75) is 19.3 Å². The van der Waals surface area contributed by atoms with E-state index in [1.54, 1.807) is 37.3 Å². The molecule has 0 aromatic heterocycles. The lowest BCUT2D eigenvalue weighted by Crippen LogP contribution is -2.52. The highest BCUT2D eigenvalue weighted by Gasteiger charge is 2.32. The average molecular weight is 332 g/mol. The maximum atomic E-state index is 12.7. The van der Waals surface area contributed by atoms with Crippen molar-refractivity contribution in [1.29, 1.82) is 0 Å². The molecule has 1 heterocycles. The highest BCUT2D eigenvalue weighted by Crippen LogP contribution is 2.30. The molecule has 2 aliphatic rings.